The Morgan fingerprint density at radius 1 is 1.24 bits per heavy atom. The number of nitrogens with one attached hydrogen (secondary N) is 1. The van der Waals surface area contributed by atoms with Crippen molar-refractivity contribution in [2.24, 2.45) is 12.2 Å². The third-order valence-electron chi connectivity index (χ3n) is 2.53. The lowest BCUT2D eigenvalue weighted by molar-refractivity contribution is 0.596. The van der Waals surface area contributed by atoms with Crippen LogP contribution in [0.4, 0.5) is 11.5 Å². The summed E-state index contributed by atoms with van der Waals surface area (Å²) in [5, 5.41) is 8.72. The van der Waals surface area contributed by atoms with Gasteiger partial charge in [0.1, 0.15) is 4.90 Å². The Morgan fingerprint density at radius 2 is 1.90 bits per heavy atom. The number of primary sulfonamides is 1. The molecule has 9 nitrogen and oxygen atoms in total. The van der Waals surface area contributed by atoms with Gasteiger partial charge in [0, 0.05) is 13.2 Å². The molecule has 21 heavy (non-hydrogen) atoms. The summed E-state index contributed by atoms with van der Waals surface area (Å²) in [4.78, 5) is -0.409. The number of nitrogen functional groups attached to an aromatic ring is 1. The van der Waals surface area contributed by atoms with Crippen LogP contribution in [0.1, 0.15) is 0 Å². The topological polar surface area (TPSA) is 150 Å². The predicted molar refractivity (Wildman–Crippen MR) is 76.2 cm³/mol. The monoisotopic (exact) mass is 331 g/mol. The van der Waals surface area contributed by atoms with Gasteiger partial charge in [-0.15, -0.1) is 0 Å². The van der Waals surface area contributed by atoms with E-state index in [1.54, 1.807) is 0 Å². The quantitative estimate of drug-likeness (QED) is 0.684. The van der Waals surface area contributed by atoms with Crippen LogP contribution in [-0.4, -0.2) is 26.6 Å². The highest BCUT2D eigenvalue weighted by Crippen LogP contribution is 2.21. The molecule has 2 aromatic rings. The van der Waals surface area contributed by atoms with Crippen LogP contribution in [0.3, 0.4) is 0 Å². The normalized spacial score (nSPS) is 12.3. The van der Waals surface area contributed by atoms with Crippen molar-refractivity contribution in [2.75, 3.05) is 10.5 Å². The van der Waals surface area contributed by atoms with E-state index in [0.29, 0.717) is 0 Å². The fraction of sp³-hybridized carbons (Fsp3) is 0.100. The van der Waals surface area contributed by atoms with E-state index in [1.165, 1.54) is 36.1 Å². The highest BCUT2D eigenvalue weighted by molar-refractivity contribution is 7.93. The first kappa shape index (κ1) is 15.3. The molecule has 0 fully saturated rings. The van der Waals surface area contributed by atoms with E-state index in [1.807, 2.05) is 0 Å². The zero-order valence-corrected chi connectivity index (χ0v) is 12.5. The fourth-order valence-electron chi connectivity index (χ4n) is 1.64. The minimum Gasteiger partial charge on any atom is -0.381 e. The molecule has 2 rings (SSSR count). The van der Waals surface area contributed by atoms with Gasteiger partial charge < -0.3 is 5.73 Å². The number of aromatic nitrogens is 2. The lowest BCUT2D eigenvalue weighted by Crippen LogP contribution is -2.15. The predicted octanol–water partition coefficient (Wildman–Crippen LogP) is -0.549. The third-order valence-corrected chi connectivity index (χ3v) is 4.84. The molecule has 0 bridgehead atoms. The lowest BCUT2D eigenvalue weighted by Gasteiger charge is -2.08. The summed E-state index contributed by atoms with van der Waals surface area (Å²) in [6.45, 7) is 0. The van der Waals surface area contributed by atoms with Crippen molar-refractivity contribution in [1.82, 2.24) is 9.78 Å². The number of nitrogens with two attached hydrogens (primary N) is 2. The van der Waals surface area contributed by atoms with Gasteiger partial charge in [-0.3, -0.25) is 9.40 Å². The van der Waals surface area contributed by atoms with Gasteiger partial charge in [0.15, 0.2) is 5.82 Å². The number of aryl methyl sites for hydroxylation is 1. The molecule has 11 heteroatoms. The minimum absolute atomic E-state index is 0.0461. The molecular formula is C10H13N5O4S2. The molecule has 0 saturated heterocycles. The van der Waals surface area contributed by atoms with Gasteiger partial charge in [0.25, 0.3) is 10.0 Å². The van der Waals surface area contributed by atoms with Crippen molar-refractivity contribution in [3.63, 3.8) is 0 Å². The summed E-state index contributed by atoms with van der Waals surface area (Å²) in [6, 6.07) is 5.12. The average Bonchev–Trinajstić information content (AvgIpc) is 2.68. The van der Waals surface area contributed by atoms with Gasteiger partial charge >= 0.3 is 0 Å². The SMILES string of the molecule is Cn1cc(S(=O)(=O)Nc2cccc(S(N)(=O)=O)c2)c(N)n1. The molecule has 0 aliphatic carbocycles. The van der Waals surface area contributed by atoms with Crippen LogP contribution in [0.15, 0.2) is 40.3 Å². The summed E-state index contributed by atoms with van der Waals surface area (Å²) in [7, 11) is -6.38. The molecule has 0 spiro atoms. The van der Waals surface area contributed by atoms with E-state index < -0.39 is 20.0 Å². The average molecular weight is 331 g/mol. The van der Waals surface area contributed by atoms with Crippen molar-refractivity contribution in [2.45, 2.75) is 9.79 Å². The molecular weight excluding hydrogens is 318 g/mol. The summed E-state index contributed by atoms with van der Waals surface area (Å²) in [5.41, 5.74) is 5.56. The molecule has 5 N–H and O–H groups in total. The van der Waals surface area contributed by atoms with Gasteiger partial charge in [-0.1, -0.05) is 6.07 Å². The van der Waals surface area contributed by atoms with Crippen LogP contribution in [-0.2, 0) is 27.1 Å². The van der Waals surface area contributed by atoms with E-state index >= 15 is 0 Å². The van der Waals surface area contributed by atoms with Crippen LogP contribution >= 0.6 is 0 Å². The van der Waals surface area contributed by atoms with Gasteiger partial charge in [0.2, 0.25) is 10.0 Å². The molecule has 1 aromatic heterocycles. The standard InChI is InChI=1S/C10H13N5O4S2/c1-15-6-9(10(11)13-15)21(18,19)14-7-3-2-4-8(5-7)20(12,16)17/h2-6,14H,1H3,(H2,11,13)(H2,12,16,17). The first-order valence-electron chi connectivity index (χ1n) is 5.54. The Balaban J connectivity index is 2.40. The summed E-state index contributed by atoms with van der Waals surface area (Å²) in [5.74, 6) is -0.160. The number of hydrogen-bond donors (Lipinski definition) is 3. The third kappa shape index (κ3) is 3.32. The Morgan fingerprint density at radius 3 is 2.43 bits per heavy atom. The number of hydrogen-bond acceptors (Lipinski definition) is 6. The highest BCUT2D eigenvalue weighted by Gasteiger charge is 2.21. The molecule has 1 heterocycles. The molecule has 0 aliphatic heterocycles. The molecule has 0 saturated carbocycles. The zero-order chi connectivity index (χ0) is 15.8. The molecule has 0 radical (unpaired) electrons. The van der Waals surface area contributed by atoms with Gasteiger partial charge in [0.05, 0.1) is 10.6 Å². The highest BCUT2D eigenvalue weighted by atomic mass is 32.2. The van der Waals surface area contributed by atoms with E-state index in [2.05, 4.69) is 9.82 Å². The number of anilines is 2. The lowest BCUT2D eigenvalue weighted by atomic mass is 10.3. The number of nitrogens with zero attached hydrogens (tertiary/aromatic N) is 2. The van der Waals surface area contributed by atoms with Crippen LogP contribution in [0, 0.1) is 0 Å². The second-order valence-corrected chi connectivity index (χ2v) is 7.44. The van der Waals surface area contributed by atoms with Gasteiger partial charge in [-0.25, -0.2) is 22.0 Å². The van der Waals surface area contributed by atoms with Crippen molar-refractivity contribution in [3.05, 3.63) is 30.5 Å². The van der Waals surface area contributed by atoms with Crippen LogP contribution in [0.25, 0.3) is 0 Å². The molecule has 0 unspecified atom stereocenters. The smallest absolute Gasteiger partial charge is 0.267 e. The van der Waals surface area contributed by atoms with Crippen molar-refractivity contribution in [1.29, 1.82) is 0 Å². The Labute approximate surface area is 121 Å². The maximum atomic E-state index is 12.2. The van der Waals surface area contributed by atoms with E-state index in [4.69, 9.17) is 10.9 Å². The van der Waals surface area contributed by atoms with E-state index in [-0.39, 0.29) is 21.3 Å². The van der Waals surface area contributed by atoms with Crippen molar-refractivity contribution < 1.29 is 16.8 Å². The Bertz CT molecular complexity index is 886. The maximum absolute atomic E-state index is 12.2. The largest absolute Gasteiger partial charge is 0.381 e. The van der Waals surface area contributed by atoms with Gasteiger partial charge in [-0.05, 0) is 18.2 Å². The summed E-state index contributed by atoms with van der Waals surface area (Å²) < 4.78 is 50.3. The number of sulfonamides is 2. The zero-order valence-electron chi connectivity index (χ0n) is 10.9. The second kappa shape index (κ2) is 5.02. The first-order valence-corrected chi connectivity index (χ1v) is 8.57. The molecule has 0 amide bonds. The van der Waals surface area contributed by atoms with E-state index in [0.717, 1.165) is 6.07 Å². The molecule has 1 aromatic carbocycles. The Hall–Kier alpha value is -2.11. The molecule has 0 aliphatic rings. The van der Waals surface area contributed by atoms with Crippen molar-refractivity contribution in [3.8, 4) is 0 Å². The maximum Gasteiger partial charge on any atom is 0.267 e. The van der Waals surface area contributed by atoms with Gasteiger partial charge in [-0.2, -0.15) is 5.10 Å². The second-order valence-electron chi connectivity index (χ2n) is 4.23. The van der Waals surface area contributed by atoms with Crippen molar-refractivity contribution >= 4 is 31.6 Å². The number of rotatable bonds is 4. The molecule has 114 valence electrons. The summed E-state index contributed by atoms with van der Waals surface area (Å²) in [6.07, 6.45) is 1.24. The van der Waals surface area contributed by atoms with E-state index in [9.17, 15) is 16.8 Å². The molecule has 0 atom stereocenters. The fourth-order valence-corrected chi connectivity index (χ4v) is 3.35. The summed E-state index contributed by atoms with van der Waals surface area (Å²) >= 11 is 0. The minimum atomic E-state index is -3.98. The first-order chi connectivity index (χ1) is 9.59. The Kier molecular flexibility index (Phi) is 3.65. The van der Waals surface area contributed by atoms with Crippen LogP contribution < -0.4 is 15.6 Å². The van der Waals surface area contributed by atoms with Crippen LogP contribution in [0.5, 0.6) is 0 Å². The van der Waals surface area contributed by atoms with Crippen LogP contribution in [0.2, 0.25) is 0 Å². The number of benzene rings is 1.